The van der Waals surface area contributed by atoms with E-state index in [0.29, 0.717) is 0 Å². The number of para-hydroxylation sites is 1. The Hall–Kier alpha value is -2.64. The van der Waals surface area contributed by atoms with E-state index in [4.69, 9.17) is 10.8 Å². The lowest BCUT2D eigenvalue weighted by molar-refractivity contribution is -0.383. The average molecular weight is 267 g/mol. The minimum atomic E-state index is -0.955. The Balaban J connectivity index is 2.70. The lowest BCUT2D eigenvalue weighted by atomic mass is 10.1. The summed E-state index contributed by atoms with van der Waals surface area (Å²) in [7, 11) is 0. The van der Waals surface area contributed by atoms with Crippen LogP contribution in [0.4, 0.5) is 11.4 Å². The zero-order valence-corrected chi connectivity index (χ0v) is 9.96. The number of carbonyl (C=O) groups excluding carboxylic acids is 1. The largest absolute Gasteiger partial charge is 0.481 e. The predicted octanol–water partition coefficient (Wildman–Crippen LogP) is 0.772. The second-order valence-electron chi connectivity index (χ2n) is 3.75. The number of nitro groups is 1. The Morgan fingerprint density at radius 2 is 2.11 bits per heavy atom. The molecule has 1 rings (SSSR count). The molecule has 0 bridgehead atoms. The van der Waals surface area contributed by atoms with Gasteiger partial charge in [-0.25, -0.2) is 0 Å². The summed E-state index contributed by atoms with van der Waals surface area (Å²) in [6.45, 7) is 0.160. The van der Waals surface area contributed by atoms with Crippen molar-refractivity contribution in [2.24, 2.45) is 0 Å². The third-order valence-electron chi connectivity index (χ3n) is 2.38. The van der Waals surface area contributed by atoms with Crippen LogP contribution in [0.25, 0.3) is 0 Å². The average Bonchev–Trinajstić information content (AvgIpc) is 2.34. The maximum absolute atomic E-state index is 11.7. The van der Waals surface area contributed by atoms with Crippen molar-refractivity contribution in [2.45, 2.75) is 12.8 Å². The summed E-state index contributed by atoms with van der Waals surface area (Å²) in [6.07, 6.45) is 0.209. The van der Waals surface area contributed by atoms with E-state index in [2.05, 4.69) is 5.32 Å². The molecule has 19 heavy (non-hydrogen) atoms. The molecular weight excluding hydrogens is 254 g/mol. The monoisotopic (exact) mass is 267 g/mol. The number of hydrogen-bond donors (Lipinski definition) is 3. The van der Waals surface area contributed by atoms with Crippen LogP contribution in [0.5, 0.6) is 0 Å². The normalized spacial score (nSPS) is 9.89. The summed E-state index contributed by atoms with van der Waals surface area (Å²) < 4.78 is 0. The highest BCUT2D eigenvalue weighted by Crippen LogP contribution is 2.24. The second kappa shape index (κ2) is 6.34. The highest BCUT2D eigenvalue weighted by Gasteiger charge is 2.18. The maximum atomic E-state index is 11.7. The van der Waals surface area contributed by atoms with Crippen molar-refractivity contribution >= 4 is 23.3 Å². The fourth-order valence-electron chi connectivity index (χ4n) is 1.45. The smallest absolute Gasteiger partial charge is 0.303 e. The van der Waals surface area contributed by atoms with Gasteiger partial charge in [-0.3, -0.25) is 19.7 Å². The van der Waals surface area contributed by atoms with Gasteiger partial charge in [0, 0.05) is 19.0 Å². The van der Waals surface area contributed by atoms with E-state index in [1.807, 2.05) is 0 Å². The fraction of sp³-hybridized carbons (Fsp3) is 0.273. The van der Waals surface area contributed by atoms with Gasteiger partial charge in [0.15, 0.2) is 0 Å². The number of rotatable bonds is 6. The number of nitrogen functional groups attached to an aromatic ring is 1. The van der Waals surface area contributed by atoms with Gasteiger partial charge in [0.25, 0.3) is 11.6 Å². The number of nitrogens with one attached hydrogen (secondary N) is 1. The molecule has 1 aromatic carbocycles. The number of carboxylic acid groups (broad SMARTS) is 1. The summed E-state index contributed by atoms with van der Waals surface area (Å²) in [4.78, 5) is 32.0. The van der Waals surface area contributed by atoms with Crippen molar-refractivity contribution in [3.63, 3.8) is 0 Å². The number of benzene rings is 1. The molecule has 0 fully saturated rings. The molecule has 8 nitrogen and oxygen atoms in total. The topological polar surface area (TPSA) is 136 Å². The molecule has 0 unspecified atom stereocenters. The molecule has 4 N–H and O–H groups in total. The zero-order chi connectivity index (χ0) is 14.4. The highest BCUT2D eigenvalue weighted by molar-refractivity contribution is 6.00. The van der Waals surface area contributed by atoms with Gasteiger partial charge in [0.1, 0.15) is 5.69 Å². The number of nitrogens with two attached hydrogens (primary N) is 1. The van der Waals surface area contributed by atoms with Crippen LogP contribution in [0.3, 0.4) is 0 Å². The number of carboxylic acids is 1. The number of nitrogens with zero attached hydrogens (tertiary/aromatic N) is 1. The fourth-order valence-corrected chi connectivity index (χ4v) is 1.45. The Kier molecular flexibility index (Phi) is 4.81. The van der Waals surface area contributed by atoms with E-state index in [-0.39, 0.29) is 36.3 Å². The molecule has 1 aromatic rings. The summed E-state index contributed by atoms with van der Waals surface area (Å²) in [5, 5.41) is 21.5. The predicted molar refractivity (Wildman–Crippen MR) is 66.7 cm³/mol. The van der Waals surface area contributed by atoms with E-state index in [1.54, 1.807) is 0 Å². The van der Waals surface area contributed by atoms with E-state index in [1.165, 1.54) is 18.2 Å². The molecule has 0 atom stereocenters. The van der Waals surface area contributed by atoms with E-state index < -0.39 is 16.8 Å². The Morgan fingerprint density at radius 3 is 2.68 bits per heavy atom. The number of aliphatic carboxylic acids is 1. The van der Waals surface area contributed by atoms with Crippen molar-refractivity contribution in [1.29, 1.82) is 0 Å². The number of anilines is 1. The van der Waals surface area contributed by atoms with Crippen LogP contribution in [0.15, 0.2) is 18.2 Å². The molecule has 0 aliphatic carbocycles. The lowest BCUT2D eigenvalue weighted by Crippen LogP contribution is -2.26. The number of carbonyl (C=O) groups is 2. The molecule has 0 spiro atoms. The first-order valence-electron chi connectivity index (χ1n) is 5.46. The minimum Gasteiger partial charge on any atom is -0.481 e. The molecule has 102 valence electrons. The summed E-state index contributed by atoms with van der Waals surface area (Å²) in [6, 6.07) is 3.94. The van der Waals surface area contributed by atoms with E-state index >= 15 is 0 Å². The number of nitro benzene ring substituents is 1. The molecule has 0 aliphatic rings. The standard InChI is InChI=1S/C11H13N3O5/c12-10-7(3-1-4-8(10)14(18)19)11(17)13-6-2-5-9(15)16/h1,3-4H,2,5-6,12H2,(H,13,17)(H,15,16). The molecule has 8 heteroatoms. The van der Waals surface area contributed by atoms with Gasteiger partial charge < -0.3 is 16.2 Å². The number of hydrogen-bond acceptors (Lipinski definition) is 5. The minimum absolute atomic E-state index is 0.00419. The molecule has 1 amide bonds. The summed E-state index contributed by atoms with van der Waals surface area (Å²) in [5.74, 6) is -1.52. The van der Waals surface area contributed by atoms with Gasteiger partial charge in [-0.15, -0.1) is 0 Å². The first-order chi connectivity index (χ1) is 8.93. The molecular formula is C11H13N3O5. The van der Waals surface area contributed by atoms with Crippen LogP contribution in [0.2, 0.25) is 0 Å². The third kappa shape index (κ3) is 3.95. The third-order valence-corrected chi connectivity index (χ3v) is 2.38. The van der Waals surface area contributed by atoms with Crippen molar-refractivity contribution in [2.75, 3.05) is 12.3 Å². The van der Waals surface area contributed by atoms with Gasteiger partial charge in [0.05, 0.1) is 10.5 Å². The van der Waals surface area contributed by atoms with Gasteiger partial charge in [-0.05, 0) is 12.5 Å². The number of amides is 1. The van der Waals surface area contributed by atoms with Crippen LogP contribution < -0.4 is 11.1 Å². The molecule has 0 aliphatic heterocycles. The SMILES string of the molecule is Nc1c(C(=O)NCCCC(=O)O)cccc1[N+](=O)[O-]. The Labute approximate surface area is 108 Å². The molecule has 0 heterocycles. The highest BCUT2D eigenvalue weighted by atomic mass is 16.6. The maximum Gasteiger partial charge on any atom is 0.303 e. The van der Waals surface area contributed by atoms with Crippen LogP contribution in [-0.2, 0) is 4.79 Å². The quantitative estimate of drug-likeness (QED) is 0.301. The second-order valence-corrected chi connectivity index (χ2v) is 3.75. The Morgan fingerprint density at radius 1 is 1.42 bits per heavy atom. The first-order valence-corrected chi connectivity index (χ1v) is 5.46. The molecule has 0 aromatic heterocycles. The van der Waals surface area contributed by atoms with Gasteiger partial charge in [-0.2, -0.15) is 0 Å². The lowest BCUT2D eigenvalue weighted by Gasteiger charge is -2.07. The van der Waals surface area contributed by atoms with Crippen LogP contribution in [0.1, 0.15) is 23.2 Å². The first kappa shape index (κ1) is 14.4. The zero-order valence-electron chi connectivity index (χ0n) is 9.96. The van der Waals surface area contributed by atoms with Gasteiger partial charge in [-0.1, -0.05) is 6.07 Å². The van der Waals surface area contributed by atoms with Crippen molar-refractivity contribution in [1.82, 2.24) is 5.32 Å². The Bertz CT molecular complexity index is 515. The van der Waals surface area contributed by atoms with Crippen molar-refractivity contribution in [3.8, 4) is 0 Å². The summed E-state index contributed by atoms with van der Waals surface area (Å²) in [5.41, 5.74) is 5.00. The van der Waals surface area contributed by atoms with Crippen LogP contribution in [0, 0.1) is 10.1 Å². The van der Waals surface area contributed by atoms with Crippen LogP contribution >= 0.6 is 0 Å². The van der Waals surface area contributed by atoms with E-state index in [0.717, 1.165) is 0 Å². The molecule has 0 saturated heterocycles. The van der Waals surface area contributed by atoms with Gasteiger partial charge >= 0.3 is 5.97 Å². The van der Waals surface area contributed by atoms with Crippen LogP contribution in [-0.4, -0.2) is 28.5 Å². The van der Waals surface area contributed by atoms with Crippen molar-refractivity contribution in [3.05, 3.63) is 33.9 Å². The van der Waals surface area contributed by atoms with E-state index in [9.17, 15) is 19.7 Å². The summed E-state index contributed by atoms with van der Waals surface area (Å²) >= 11 is 0. The van der Waals surface area contributed by atoms with Crippen molar-refractivity contribution < 1.29 is 19.6 Å². The molecule has 0 radical (unpaired) electrons. The molecule has 0 saturated carbocycles. The van der Waals surface area contributed by atoms with Gasteiger partial charge in [0.2, 0.25) is 0 Å².